The van der Waals surface area contributed by atoms with E-state index in [2.05, 4.69) is 10.3 Å². The summed E-state index contributed by atoms with van der Waals surface area (Å²) in [6.07, 6.45) is 3.56. The summed E-state index contributed by atoms with van der Waals surface area (Å²) in [5, 5.41) is 12.3. The van der Waals surface area contributed by atoms with Gasteiger partial charge in [0.1, 0.15) is 0 Å². The Kier molecular flexibility index (Phi) is 4.26. The molecular weight excluding hydrogens is 228 g/mol. The quantitative estimate of drug-likeness (QED) is 0.844. The van der Waals surface area contributed by atoms with E-state index in [-0.39, 0.29) is 12.5 Å². The van der Waals surface area contributed by atoms with E-state index >= 15 is 0 Å². The molecule has 1 unspecified atom stereocenters. The lowest BCUT2D eigenvalue weighted by Crippen LogP contribution is -2.48. The van der Waals surface area contributed by atoms with E-state index in [0.29, 0.717) is 17.0 Å². The minimum Gasteiger partial charge on any atom is -0.394 e. The summed E-state index contributed by atoms with van der Waals surface area (Å²) >= 11 is 5.87. The van der Waals surface area contributed by atoms with Crippen LogP contribution in [0.2, 0.25) is 5.02 Å². The molecule has 1 aromatic heterocycles. The van der Waals surface area contributed by atoms with Gasteiger partial charge in [-0.15, -0.1) is 0 Å². The smallest absolute Gasteiger partial charge is 0.254 e. The van der Waals surface area contributed by atoms with Crippen molar-refractivity contribution in [2.75, 3.05) is 6.61 Å². The maximum atomic E-state index is 11.9. The molecule has 4 nitrogen and oxygen atoms in total. The summed E-state index contributed by atoms with van der Waals surface area (Å²) in [5.41, 5.74) is -0.312. The van der Waals surface area contributed by atoms with Gasteiger partial charge in [-0.2, -0.15) is 0 Å². The summed E-state index contributed by atoms with van der Waals surface area (Å²) in [5.74, 6) is -0.323. The van der Waals surface area contributed by atoms with E-state index in [9.17, 15) is 9.90 Å². The molecular formula is C11H15ClN2O2. The molecule has 0 aliphatic carbocycles. The van der Waals surface area contributed by atoms with Crippen LogP contribution < -0.4 is 5.32 Å². The number of aliphatic hydroxyl groups is 1. The van der Waals surface area contributed by atoms with E-state index in [1.807, 2.05) is 6.92 Å². The average Bonchev–Trinajstić information content (AvgIpc) is 2.29. The van der Waals surface area contributed by atoms with Gasteiger partial charge < -0.3 is 10.4 Å². The number of aliphatic hydroxyl groups excluding tert-OH is 1. The highest BCUT2D eigenvalue weighted by Crippen LogP contribution is 2.15. The molecule has 2 N–H and O–H groups in total. The number of carbonyl (C=O) groups is 1. The first kappa shape index (κ1) is 12.9. The lowest BCUT2D eigenvalue weighted by molar-refractivity contribution is 0.0847. The maximum absolute atomic E-state index is 11.9. The van der Waals surface area contributed by atoms with Crippen molar-refractivity contribution in [1.29, 1.82) is 0 Å². The maximum Gasteiger partial charge on any atom is 0.254 e. The first-order valence-corrected chi connectivity index (χ1v) is 5.43. The number of amides is 1. The van der Waals surface area contributed by atoms with Crippen molar-refractivity contribution in [2.45, 2.75) is 25.8 Å². The second-order valence-electron chi connectivity index (χ2n) is 3.88. The first-order valence-electron chi connectivity index (χ1n) is 5.05. The van der Waals surface area contributed by atoms with Crippen molar-refractivity contribution in [3.63, 3.8) is 0 Å². The fourth-order valence-corrected chi connectivity index (χ4v) is 1.32. The first-order chi connectivity index (χ1) is 7.52. The highest BCUT2D eigenvalue weighted by Gasteiger charge is 2.24. The molecule has 1 amide bonds. The van der Waals surface area contributed by atoms with Gasteiger partial charge in [0, 0.05) is 12.4 Å². The van der Waals surface area contributed by atoms with Crippen molar-refractivity contribution in [1.82, 2.24) is 10.3 Å². The zero-order valence-corrected chi connectivity index (χ0v) is 10.1. The number of pyridine rings is 1. The van der Waals surface area contributed by atoms with Crippen molar-refractivity contribution in [2.24, 2.45) is 0 Å². The standard InChI is InChI=1S/C11H15ClN2O2/c1-3-11(2,7-15)14-10(16)8-6-13-5-4-9(8)12/h4-6,15H,3,7H2,1-2H3,(H,14,16). The number of halogens is 1. The normalized spacial score (nSPS) is 14.2. The zero-order chi connectivity index (χ0) is 12.2. The summed E-state index contributed by atoms with van der Waals surface area (Å²) in [6, 6.07) is 1.55. The molecule has 0 radical (unpaired) electrons. The number of nitrogens with one attached hydrogen (secondary N) is 1. The molecule has 0 aliphatic rings. The van der Waals surface area contributed by atoms with Gasteiger partial charge in [-0.25, -0.2) is 0 Å². The lowest BCUT2D eigenvalue weighted by Gasteiger charge is -2.27. The Hall–Kier alpha value is -1.13. The summed E-state index contributed by atoms with van der Waals surface area (Å²) in [4.78, 5) is 15.7. The highest BCUT2D eigenvalue weighted by molar-refractivity contribution is 6.33. The Labute approximate surface area is 99.6 Å². The van der Waals surface area contributed by atoms with Gasteiger partial charge in [-0.3, -0.25) is 9.78 Å². The van der Waals surface area contributed by atoms with Crippen molar-refractivity contribution < 1.29 is 9.90 Å². The van der Waals surface area contributed by atoms with Gasteiger partial charge in [0.2, 0.25) is 0 Å². The molecule has 88 valence electrons. The summed E-state index contributed by atoms with van der Waals surface area (Å²) in [7, 11) is 0. The molecule has 5 heteroatoms. The van der Waals surface area contributed by atoms with Crippen LogP contribution in [-0.2, 0) is 0 Å². The molecule has 0 aliphatic heterocycles. The fourth-order valence-electron chi connectivity index (χ4n) is 1.13. The van der Waals surface area contributed by atoms with Gasteiger partial charge in [0.05, 0.1) is 22.7 Å². The van der Waals surface area contributed by atoms with Crippen molar-refractivity contribution in [3.05, 3.63) is 29.0 Å². The minimum atomic E-state index is -0.629. The number of carbonyl (C=O) groups excluding carboxylic acids is 1. The van der Waals surface area contributed by atoms with Crippen molar-refractivity contribution >= 4 is 17.5 Å². The zero-order valence-electron chi connectivity index (χ0n) is 9.33. The second kappa shape index (κ2) is 5.27. The van der Waals surface area contributed by atoms with E-state index in [4.69, 9.17) is 11.6 Å². The van der Waals surface area contributed by atoms with E-state index in [1.165, 1.54) is 12.4 Å². The van der Waals surface area contributed by atoms with E-state index in [1.54, 1.807) is 13.0 Å². The fraction of sp³-hybridized carbons (Fsp3) is 0.455. The van der Waals surface area contributed by atoms with Gasteiger partial charge in [-0.05, 0) is 19.4 Å². The molecule has 16 heavy (non-hydrogen) atoms. The predicted octanol–water partition coefficient (Wildman–Crippen LogP) is 1.63. The van der Waals surface area contributed by atoms with Crippen LogP contribution in [0, 0.1) is 0 Å². The molecule has 0 spiro atoms. The van der Waals surface area contributed by atoms with Gasteiger partial charge in [-0.1, -0.05) is 18.5 Å². The largest absolute Gasteiger partial charge is 0.394 e. The Morgan fingerprint density at radius 2 is 2.38 bits per heavy atom. The summed E-state index contributed by atoms with van der Waals surface area (Å²) in [6.45, 7) is 3.55. The van der Waals surface area contributed by atoms with Crippen LogP contribution in [0.25, 0.3) is 0 Å². The monoisotopic (exact) mass is 242 g/mol. The topological polar surface area (TPSA) is 62.2 Å². The van der Waals surface area contributed by atoms with Crippen LogP contribution >= 0.6 is 11.6 Å². The number of aromatic nitrogens is 1. The van der Waals surface area contributed by atoms with Crippen LogP contribution in [0.5, 0.6) is 0 Å². The average molecular weight is 243 g/mol. The third-order valence-corrected chi connectivity index (χ3v) is 2.89. The number of hydrogen-bond acceptors (Lipinski definition) is 3. The van der Waals surface area contributed by atoms with E-state index in [0.717, 1.165) is 0 Å². The molecule has 0 saturated carbocycles. The SMILES string of the molecule is CCC(C)(CO)NC(=O)c1cnccc1Cl. The lowest BCUT2D eigenvalue weighted by atomic mass is 10.00. The predicted molar refractivity (Wildman–Crippen MR) is 62.5 cm³/mol. The molecule has 1 rings (SSSR count). The Morgan fingerprint density at radius 1 is 1.69 bits per heavy atom. The van der Waals surface area contributed by atoms with Gasteiger partial charge in [0.25, 0.3) is 5.91 Å². The minimum absolute atomic E-state index is 0.118. The van der Waals surface area contributed by atoms with Crippen molar-refractivity contribution in [3.8, 4) is 0 Å². The highest BCUT2D eigenvalue weighted by atomic mass is 35.5. The second-order valence-corrected chi connectivity index (χ2v) is 4.29. The van der Waals surface area contributed by atoms with Crippen LogP contribution in [0.3, 0.4) is 0 Å². The third-order valence-electron chi connectivity index (χ3n) is 2.56. The van der Waals surface area contributed by atoms with Crippen LogP contribution in [0.1, 0.15) is 30.6 Å². The Morgan fingerprint density at radius 3 is 2.88 bits per heavy atom. The molecule has 0 fully saturated rings. The molecule has 0 aromatic carbocycles. The number of hydrogen-bond donors (Lipinski definition) is 2. The molecule has 1 heterocycles. The van der Waals surface area contributed by atoms with Crippen LogP contribution in [0.15, 0.2) is 18.5 Å². The van der Waals surface area contributed by atoms with Gasteiger partial charge >= 0.3 is 0 Å². The molecule has 0 saturated heterocycles. The van der Waals surface area contributed by atoms with E-state index < -0.39 is 5.54 Å². The molecule has 1 aromatic rings. The Balaban J connectivity index is 2.84. The molecule has 1 atom stereocenters. The number of nitrogens with zero attached hydrogens (tertiary/aromatic N) is 1. The molecule has 0 bridgehead atoms. The van der Waals surface area contributed by atoms with Crippen LogP contribution in [-0.4, -0.2) is 28.1 Å². The third kappa shape index (κ3) is 2.93. The number of rotatable bonds is 4. The Bertz CT molecular complexity index is 378. The van der Waals surface area contributed by atoms with Gasteiger partial charge in [0.15, 0.2) is 0 Å². The summed E-state index contributed by atoms with van der Waals surface area (Å²) < 4.78 is 0. The van der Waals surface area contributed by atoms with Crippen LogP contribution in [0.4, 0.5) is 0 Å².